The summed E-state index contributed by atoms with van der Waals surface area (Å²) in [6.07, 6.45) is 0.905. The van der Waals surface area contributed by atoms with Crippen molar-refractivity contribution in [2.75, 3.05) is 30.0 Å². The van der Waals surface area contributed by atoms with Crippen LogP contribution in [0.25, 0.3) is 0 Å². The van der Waals surface area contributed by atoms with Gasteiger partial charge >= 0.3 is 5.97 Å². The third-order valence-corrected chi connectivity index (χ3v) is 4.60. The Balaban J connectivity index is 1.98. The molecule has 0 heterocycles. The molecule has 0 unspecified atom stereocenters. The average molecular weight is 394 g/mol. The summed E-state index contributed by atoms with van der Waals surface area (Å²) >= 11 is 0. The molecule has 0 aliphatic heterocycles. The van der Waals surface area contributed by atoms with E-state index >= 15 is 0 Å². The van der Waals surface area contributed by atoms with Gasteiger partial charge in [0.15, 0.2) is 15.7 Å². The highest BCUT2D eigenvalue weighted by molar-refractivity contribution is 7.90. The molecule has 2 aromatic carbocycles. The molecule has 7 nitrogen and oxygen atoms in total. The van der Waals surface area contributed by atoms with E-state index in [1.807, 2.05) is 0 Å². The topological polar surface area (TPSA) is 102 Å². The van der Waals surface area contributed by atoms with Gasteiger partial charge in [-0.05, 0) is 43.3 Å². The Bertz CT molecular complexity index is 943. The molecule has 0 atom stereocenters. The van der Waals surface area contributed by atoms with E-state index in [4.69, 9.17) is 4.74 Å². The number of nitrogens with one attached hydrogen (secondary N) is 2. The smallest absolute Gasteiger partial charge is 0.338 e. The first-order valence-corrected chi connectivity index (χ1v) is 9.91. The standard InChI is InChI=1S/C18H19FN2O5S/c1-3-26-18(23)12-7-9-13(10-8-12)21-16(22)11-20-14-5-4-6-15(17(14)19)27(2,24)25/h4-10,20H,3,11H2,1-2H3,(H,21,22). The van der Waals surface area contributed by atoms with Gasteiger partial charge in [-0.25, -0.2) is 17.6 Å². The molecule has 144 valence electrons. The second-order valence-electron chi connectivity index (χ2n) is 5.59. The molecule has 0 aliphatic rings. The van der Waals surface area contributed by atoms with Gasteiger partial charge in [-0.2, -0.15) is 0 Å². The highest BCUT2D eigenvalue weighted by atomic mass is 32.2. The number of sulfone groups is 1. The maximum Gasteiger partial charge on any atom is 0.338 e. The molecule has 0 spiro atoms. The molecular formula is C18H19FN2O5S. The fraction of sp³-hybridized carbons (Fsp3) is 0.222. The molecule has 27 heavy (non-hydrogen) atoms. The van der Waals surface area contributed by atoms with Gasteiger partial charge in [0.25, 0.3) is 0 Å². The van der Waals surface area contributed by atoms with Gasteiger partial charge in [0.05, 0.1) is 24.4 Å². The lowest BCUT2D eigenvalue weighted by Gasteiger charge is -2.10. The number of halogens is 1. The number of carbonyl (C=O) groups is 2. The highest BCUT2D eigenvalue weighted by Crippen LogP contribution is 2.21. The van der Waals surface area contributed by atoms with E-state index in [0.717, 1.165) is 12.3 Å². The largest absolute Gasteiger partial charge is 0.462 e. The lowest BCUT2D eigenvalue weighted by Crippen LogP contribution is -2.22. The van der Waals surface area contributed by atoms with Gasteiger partial charge in [-0.1, -0.05) is 6.07 Å². The number of rotatable bonds is 7. The zero-order valence-electron chi connectivity index (χ0n) is 14.8. The predicted molar refractivity (Wildman–Crippen MR) is 99.0 cm³/mol. The van der Waals surface area contributed by atoms with E-state index in [9.17, 15) is 22.4 Å². The van der Waals surface area contributed by atoms with Crippen LogP contribution in [0.2, 0.25) is 0 Å². The minimum atomic E-state index is -3.71. The summed E-state index contributed by atoms with van der Waals surface area (Å²) in [5.41, 5.74) is 0.707. The van der Waals surface area contributed by atoms with Gasteiger partial charge in [0.1, 0.15) is 4.90 Å². The van der Waals surface area contributed by atoms with Crippen molar-refractivity contribution in [3.63, 3.8) is 0 Å². The Morgan fingerprint density at radius 3 is 2.37 bits per heavy atom. The maximum atomic E-state index is 14.2. The van der Waals surface area contributed by atoms with Crippen LogP contribution in [-0.2, 0) is 19.4 Å². The van der Waals surface area contributed by atoms with Crippen molar-refractivity contribution in [2.24, 2.45) is 0 Å². The van der Waals surface area contributed by atoms with Crippen molar-refractivity contribution in [3.05, 3.63) is 53.8 Å². The second kappa shape index (κ2) is 8.63. The third kappa shape index (κ3) is 5.52. The van der Waals surface area contributed by atoms with Gasteiger partial charge in [-0.3, -0.25) is 4.79 Å². The van der Waals surface area contributed by atoms with Crippen molar-refractivity contribution in [3.8, 4) is 0 Å². The number of hydrogen-bond acceptors (Lipinski definition) is 6. The Hall–Kier alpha value is -2.94. The predicted octanol–water partition coefficient (Wildman–Crippen LogP) is 2.46. The Labute approximate surface area is 156 Å². The summed E-state index contributed by atoms with van der Waals surface area (Å²) in [6.45, 7) is 1.69. The van der Waals surface area contributed by atoms with E-state index in [0.29, 0.717) is 11.3 Å². The third-order valence-electron chi connectivity index (χ3n) is 3.48. The van der Waals surface area contributed by atoms with Gasteiger partial charge in [0, 0.05) is 11.9 Å². The molecule has 0 saturated carbocycles. The number of amides is 1. The summed E-state index contributed by atoms with van der Waals surface area (Å²) in [4.78, 5) is 23.1. The minimum Gasteiger partial charge on any atom is -0.462 e. The second-order valence-corrected chi connectivity index (χ2v) is 7.57. The van der Waals surface area contributed by atoms with Gasteiger partial charge in [0.2, 0.25) is 5.91 Å². The lowest BCUT2D eigenvalue weighted by molar-refractivity contribution is -0.114. The molecule has 0 saturated heterocycles. The summed E-state index contributed by atoms with van der Waals surface area (Å²) in [7, 11) is -3.71. The quantitative estimate of drug-likeness (QED) is 0.700. The molecule has 2 aromatic rings. The Morgan fingerprint density at radius 1 is 1.11 bits per heavy atom. The van der Waals surface area contributed by atoms with Crippen LogP contribution in [0, 0.1) is 5.82 Å². The van der Waals surface area contributed by atoms with Crippen LogP contribution < -0.4 is 10.6 Å². The van der Waals surface area contributed by atoms with Crippen molar-refractivity contribution in [1.29, 1.82) is 0 Å². The van der Waals surface area contributed by atoms with Gasteiger partial charge < -0.3 is 15.4 Å². The van der Waals surface area contributed by atoms with Crippen LogP contribution in [0.15, 0.2) is 47.4 Å². The van der Waals surface area contributed by atoms with Crippen molar-refractivity contribution < 1.29 is 27.1 Å². The van der Waals surface area contributed by atoms with Crippen LogP contribution >= 0.6 is 0 Å². The maximum absolute atomic E-state index is 14.2. The highest BCUT2D eigenvalue weighted by Gasteiger charge is 2.17. The van der Waals surface area contributed by atoms with Crippen molar-refractivity contribution in [2.45, 2.75) is 11.8 Å². The monoisotopic (exact) mass is 394 g/mol. The molecule has 1 amide bonds. The van der Waals surface area contributed by atoms with Crippen LogP contribution in [0.5, 0.6) is 0 Å². The summed E-state index contributed by atoms with van der Waals surface area (Å²) in [5.74, 6) is -1.87. The fourth-order valence-corrected chi connectivity index (χ4v) is 2.98. The number of carbonyl (C=O) groups excluding carboxylic acids is 2. The number of esters is 1. The molecular weight excluding hydrogens is 375 g/mol. The first kappa shape index (κ1) is 20.4. The first-order chi connectivity index (χ1) is 12.7. The molecule has 2 N–H and O–H groups in total. The number of ether oxygens (including phenoxy) is 1. The Kier molecular flexibility index (Phi) is 6.51. The SMILES string of the molecule is CCOC(=O)c1ccc(NC(=O)CNc2cccc(S(C)(=O)=O)c2F)cc1. The first-order valence-electron chi connectivity index (χ1n) is 8.02. The normalized spacial score (nSPS) is 10.9. The molecule has 0 bridgehead atoms. The van der Waals surface area contributed by atoms with E-state index in [1.165, 1.54) is 36.4 Å². The number of hydrogen-bond donors (Lipinski definition) is 2. The Morgan fingerprint density at radius 2 is 1.78 bits per heavy atom. The van der Waals surface area contributed by atoms with Crippen LogP contribution in [0.4, 0.5) is 15.8 Å². The molecule has 9 heteroatoms. The average Bonchev–Trinajstić information content (AvgIpc) is 2.60. The van der Waals surface area contributed by atoms with E-state index in [1.54, 1.807) is 6.92 Å². The van der Waals surface area contributed by atoms with Crippen LogP contribution in [0.3, 0.4) is 0 Å². The zero-order valence-corrected chi connectivity index (χ0v) is 15.6. The molecule has 0 aliphatic carbocycles. The van der Waals surface area contributed by atoms with Crippen LogP contribution in [-0.4, -0.2) is 39.7 Å². The van der Waals surface area contributed by atoms with E-state index < -0.39 is 32.4 Å². The fourth-order valence-electron chi connectivity index (χ4n) is 2.22. The van der Waals surface area contributed by atoms with E-state index in [2.05, 4.69) is 10.6 Å². The summed E-state index contributed by atoms with van der Waals surface area (Å²) in [5, 5.41) is 5.15. The van der Waals surface area contributed by atoms with Gasteiger partial charge in [-0.15, -0.1) is 0 Å². The van der Waals surface area contributed by atoms with Crippen molar-refractivity contribution in [1.82, 2.24) is 0 Å². The number of benzene rings is 2. The zero-order chi connectivity index (χ0) is 20.0. The molecule has 2 rings (SSSR count). The molecule has 0 fully saturated rings. The minimum absolute atomic E-state index is 0.0919. The van der Waals surface area contributed by atoms with Crippen LogP contribution in [0.1, 0.15) is 17.3 Å². The van der Waals surface area contributed by atoms with E-state index in [-0.39, 0.29) is 18.8 Å². The number of anilines is 2. The lowest BCUT2D eigenvalue weighted by atomic mass is 10.2. The molecule has 0 radical (unpaired) electrons. The molecule has 0 aromatic heterocycles. The van der Waals surface area contributed by atoms with Crippen molar-refractivity contribution >= 4 is 33.1 Å². The summed E-state index contributed by atoms with van der Waals surface area (Å²) < 4.78 is 42.1. The summed E-state index contributed by atoms with van der Waals surface area (Å²) in [6, 6.07) is 9.97.